The number of nitrogens with one attached hydrogen (secondary N) is 1. The highest BCUT2D eigenvalue weighted by atomic mass is 32.2. The van der Waals surface area contributed by atoms with Gasteiger partial charge in [0.1, 0.15) is 23.1 Å². The Labute approximate surface area is 281 Å². The monoisotopic (exact) mass is 700 g/mol. The molecular formula is C33H35F3N6O6S. The Kier molecular flexibility index (Phi) is 9.90. The predicted molar refractivity (Wildman–Crippen MR) is 176 cm³/mol. The van der Waals surface area contributed by atoms with Gasteiger partial charge < -0.3 is 19.1 Å². The molecule has 0 atom stereocenters. The fourth-order valence-corrected chi connectivity index (χ4v) is 6.85. The fraction of sp³-hybridized carbons (Fsp3) is 0.394. The molecule has 0 saturated carbocycles. The number of nitrogens with zero attached hydrogens (tertiary/aromatic N) is 5. The molecule has 2 aliphatic heterocycles. The van der Waals surface area contributed by atoms with Gasteiger partial charge in [0.2, 0.25) is 21.9 Å². The van der Waals surface area contributed by atoms with Gasteiger partial charge in [0.15, 0.2) is 0 Å². The second-order valence-corrected chi connectivity index (χ2v) is 13.7. The highest BCUT2D eigenvalue weighted by molar-refractivity contribution is 7.92. The van der Waals surface area contributed by atoms with Crippen molar-refractivity contribution in [1.29, 1.82) is 0 Å². The second kappa shape index (κ2) is 14.1. The Balaban J connectivity index is 1.34. The zero-order chi connectivity index (χ0) is 34.9. The number of benzene rings is 2. The van der Waals surface area contributed by atoms with Crippen molar-refractivity contribution in [3.8, 4) is 17.1 Å². The number of piperidine rings is 1. The smallest absolute Gasteiger partial charge is 0.340 e. The van der Waals surface area contributed by atoms with Crippen LogP contribution in [0.2, 0.25) is 0 Å². The van der Waals surface area contributed by atoms with Crippen LogP contribution in [0.15, 0.2) is 36.5 Å². The van der Waals surface area contributed by atoms with E-state index in [9.17, 15) is 22.0 Å². The van der Waals surface area contributed by atoms with Crippen LogP contribution < -0.4 is 14.4 Å². The van der Waals surface area contributed by atoms with E-state index in [0.29, 0.717) is 92.5 Å². The Morgan fingerprint density at radius 3 is 2.41 bits per heavy atom. The molecule has 2 aromatic heterocycles. The Bertz CT molecular complexity index is 2000. The summed E-state index contributed by atoms with van der Waals surface area (Å²) in [6, 6.07) is 6.25. The molecule has 4 heterocycles. The van der Waals surface area contributed by atoms with Crippen molar-refractivity contribution < 1.29 is 40.6 Å². The van der Waals surface area contributed by atoms with Crippen LogP contribution in [0.25, 0.3) is 22.2 Å². The Morgan fingerprint density at radius 2 is 1.73 bits per heavy atom. The molecule has 0 amide bonds. The third-order valence-corrected chi connectivity index (χ3v) is 9.24. The summed E-state index contributed by atoms with van der Waals surface area (Å²) in [5, 5.41) is 0.405. The number of esters is 1. The van der Waals surface area contributed by atoms with Gasteiger partial charge in [0, 0.05) is 36.8 Å². The van der Waals surface area contributed by atoms with Crippen molar-refractivity contribution in [3.63, 3.8) is 0 Å². The molecule has 0 spiro atoms. The van der Waals surface area contributed by atoms with E-state index in [1.165, 1.54) is 31.5 Å². The molecule has 12 nitrogen and oxygen atoms in total. The summed E-state index contributed by atoms with van der Waals surface area (Å²) in [7, 11) is -1.22. The Hall–Kier alpha value is -4.54. The zero-order valence-corrected chi connectivity index (χ0v) is 27.9. The lowest BCUT2D eigenvalue weighted by molar-refractivity contribution is 0.0594. The number of methoxy groups -OCH3 is 2. The van der Waals surface area contributed by atoms with Crippen LogP contribution in [0.3, 0.4) is 0 Å². The maximum Gasteiger partial charge on any atom is 0.340 e. The van der Waals surface area contributed by atoms with E-state index in [1.807, 2.05) is 4.90 Å². The molecule has 1 N–H and O–H groups in total. The number of sulfonamides is 1. The van der Waals surface area contributed by atoms with Gasteiger partial charge in [0.25, 0.3) is 0 Å². The van der Waals surface area contributed by atoms with Crippen molar-refractivity contribution in [1.82, 2.24) is 19.9 Å². The predicted octanol–water partition coefficient (Wildman–Crippen LogP) is 4.49. The van der Waals surface area contributed by atoms with Crippen molar-refractivity contribution in [2.45, 2.75) is 25.3 Å². The van der Waals surface area contributed by atoms with Crippen molar-refractivity contribution >= 4 is 38.5 Å². The molecule has 4 aromatic rings. The highest BCUT2D eigenvalue weighted by Crippen LogP contribution is 2.36. The summed E-state index contributed by atoms with van der Waals surface area (Å²) in [4.78, 5) is 29.9. The van der Waals surface area contributed by atoms with E-state index in [4.69, 9.17) is 19.4 Å². The van der Waals surface area contributed by atoms with Crippen LogP contribution in [0, 0.1) is 17.5 Å². The Morgan fingerprint density at radius 1 is 1.00 bits per heavy atom. The minimum Gasteiger partial charge on any atom is -0.480 e. The van der Waals surface area contributed by atoms with Crippen LogP contribution in [-0.4, -0.2) is 94.1 Å². The number of aromatic nitrogens is 3. The third kappa shape index (κ3) is 7.55. The van der Waals surface area contributed by atoms with E-state index in [2.05, 4.69) is 19.3 Å². The summed E-state index contributed by atoms with van der Waals surface area (Å²) in [6.45, 7) is 3.37. The van der Waals surface area contributed by atoms with Gasteiger partial charge >= 0.3 is 5.97 Å². The summed E-state index contributed by atoms with van der Waals surface area (Å²) in [5.74, 6) is -2.79. The number of ether oxygens (including phenoxy) is 3. The van der Waals surface area contributed by atoms with Gasteiger partial charge in [-0.25, -0.2) is 41.3 Å². The van der Waals surface area contributed by atoms with Crippen molar-refractivity contribution in [2.75, 3.05) is 69.5 Å². The van der Waals surface area contributed by atoms with Gasteiger partial charge in [-0.2, -0.15) is 0 Å². The van der Waals surface area contributed by atoms with E-state index in [-0.39, 0.29) is 23.0 Å². The van der Waals surface area contributed by atoms with Crippen LogP contribution in [-0.2, 0) is 26.0 Å². The first-order valence-corrected chi connectivity index (χ1v) is 17.5. The summed E-state index contributed by atoms with van der Waals surface area (Å²) < 4.78 is 87.0. The standard InChI is InChI=1S/C33H35F3N6O6S/c1-46-31-28(40-49(3,44)45)13-20(17-37-31)29-25-14-22(34)12-21(30(25)39-33(38-29)42-8-10-48-11-9-42)18-41-6-4-19(5-7-41)23-15-27(36)24(16-26(23)35)32(43)47-2/h12-17,19,40H,4-11,18H2,1-3H3. The maximum atomic E-state index is 15.4. The number of halogens is 3. The minimum absolute atomic E-state index is 0.0539. The molecule has 0 unspecified atom stereocenters. The molecule has 2 aromatic carbocycles. The van der Waals surface area contributed by atoms with E-state index in [1.54, 1.807) is 0 Å². The molecule has 16 heteroatoms. The van der Waals surface area contributed by atoms with Gasteiger partial charge in [-0.15, -0.1) is 0 Å². The fourth-order valence-electron chi connectivity index (χ4n) is 6.30. The highest BCUT2D eigenvalue weighted by Gasteiger charge is 2.27. The molecule has 260 valence electrons. The number of carbonyl (C=O) groups is 1. The molecular weight excluding hydrogens is 665 g/mol. The van der Waals surface area contributed by atoms with Crippen LogP contribution >= 0.6 is 0 Å². The van der Waals surface area contributed by atoms with Crippen molar-refractivity contribution in [3.05, 3.63) is 70.7 Å². The van der Waals surface area contributed by atoms with Gasteiger partial charge in [-0.05, 0) is 73.3 Å². The summed E-state index contributed by atoms with van der Waals surface area (Å²) in [6.07, 6.45) is 3.50. The first-order chi connectivity index (χ1) is 23.4. The second-order valence-electron chi connectivity index (χ2n) is 12.0. The summed E-state index contributed by atoms with van der Waals surface area (Å²) in [5.41, 5.74) is 1.72. The molecule has 49 heavy (non-hydrogen) atoms. The van der Waals surface area contributed by atoms with E-state index >= 15 is 4.39 Å². The van der Waals surface area contributed by atoms with Crippen molar-refractivity contribution in [2.24, 2.45) is 0 Å². The average Bonchev–Trinajstić information content (AvgIpc) is 3.08. The number of carbonyl (C=O) groups excluding carboxylic acids is 1. The first-order valence-electron chi connectivity index (χ1n) is 15.6. The largest absolute Gasteiger partial charge is 0.480 e. The lowest BCUT2D eigenvalue weighted by atomic mass is 9.88. The first kappa shape index (κ1) is 34.3. The number of likely N-dealkylation sites (tertiary alicyclic amines) is 1. The van der Waals surface area contributed by atoms with E-state index < -0.39 is 39.0 Å². The van der Waals surface area contributed by atoms with Crippen LogP contribution in [0.4, 0.5) is 24.8 Å². The number of morpholine rings is 1. The number of hydrogen-bond acceptors (Lipinski definition) is 11. The number of rotatable bonds is 9. The molecule has 6 rings (SSSR count). The molecule has 2 fully saturated rings. The molecule has 0 radical (unpaired) electrons. The number of pyridine rings is 1. The van der Waals surface area contributed by atoms with E-state index in [0.717, 1.165) is 25.5 Å². The van der Waals surface area contributed by atoms with Gasteiger partial charge in [-0.3, -0.25) is 9.62 Å². The van der Waals surface area contributed by atoms with Gasteiger partial charge in [-0.1, -0.05) is 0 Å². The minimum atomic E-state index is -3.69. The SMILES string of the molecule is COC(=O)c1cc(F)c(C2CCN(Cc3cc(F)cc4c(-c5cnc(OC)c(NS(C)(=O)=O)c5)nc(N5CCOCC5)nc34)CC2)cc1F. The normalized spacial score (nSPS) is 16.2. The third-order valence-electron chi connectivity index (χ3n) is 8.65. The summed E-state index contributed by atoms with van der Waals surface area (Å²) >= 11 is 0. The quantitative estimate of drug-likeness (QED) is 0.248. The van der Waals surface area contributed by atoms with Gasteiger partial charge in [0.05, 0.1) is 50.5 Å². The average molecular weight is 701 g/mol. The number of fused-ring (bicyclic) bond motifs is 1. The lowest BCUT2D eigenvalue weighted by Crippen LogP contribution is -2.37. The zero-order valence-electron chi connectivity index (χ0n) is 27.1. The van der Waals surface area contributed by atoms with Crippen LogP contribution in [0.1, 0.15) is 40.2 Å². The molecule has 0 bridgehead atoms. The maximum absolute atomic E-state index is 15.4. The van der Waals surface area contributed by atoms with Crippen LogP contribution in [0.5, 0.6) is 5.88 Å². The lowest BCUT2D eigenvalue weighted by Gasteiger charge is -2.33. The number of anilines is 2. The molecule has 2 aliphatic rings. The number of hydrogen-bond donors (Lipinski definition) is 1. The topological polar surface area (TPSA) is 136 Å². The molecule has 2 saturated heterocycles. The molecule has 0 aliphatic carbocycles.